The van der Waals surface area contributed by atoms with Crippen LogP contribution in [-0.4, -0.2) is 26.8 Å². The van der Waals surface area contributed by atoms with Gasteiger partial charge in [0.15, 0.2) is 5.79 Å². The Morgan fingerprint density at radius 2 is 1.88 bits per heavy atom. The van der Waals surface area contributed by atoms with Gasteiger partial charge in [-0.2, -0.15) is 0 Å². The monoisotopic (exact) mass is 225 g/mol. The van der Waals surface area contributed by atoms with Crippen molar-refractivity contribution in [2.75, 3.05) is 26.8 Å². The first-order valence-electron chi connectivity index (χ1n) is 5.45. The van der Waals surface area contributed by atoms with E-state index in [-0.39, 0.29) is 5.82 Å². The first kappa shape index (κ1) is 11.5. The Morgan fingerprint density at radius 3 is 2.44 bits per heavy atom. The Labute approximate surface area is 94.6 Å². The number of ether oxygens (including phenoxy) is 2. The zero-order chi connectivity index (χ0) is 11.4. The maximum atomic E-state index is 12.9. The molecule has 1 saturated heterocycles. The molecule has 0 atom stereocenters. The molecule has 0 saturated carbocycles. The van der Waals surface area contributed by atoms with Crippen molar-refractivity contribution in [3.63, 3.8) is 0 Å². The van der Waals surface area contributed by atoms with Crippen LogP contribution < -0.4 is 5.32 Å². The summed E-state index contributed by atoms with van der Waals surface area (Å²) in [7, 11) is 1.88. The molecule has 1 aromatic carbocycles. The van der Waals surface area contributed by atoms with Crippen molar-refractivity contribution >= 4 is 0 Å². The Hall–Kier alpha value is -0.970. The number of hydrogen-bond donors (Lipinski definition) is 1. The van der Waals surface area contributed by atoms with Gasteiger partial charge in [0, 0.05) is 18.5 Å². The van der Waals surface area contributed by atoms with E-state index in [4.69, 9.17) is 9.47 Å². The molecule has 0 radical (unpaired) electrons. The zero-order valence-electron chi connectivity index (χ0n) is 9.33. The van der Waals surface area contributed by atoms with Gasteiger partial charge in [0.2, 0.25) is 0 Å². The summed E-state index contributed by atoms with van der Waals surface area (Å²) in [6, 6.07) is 6.30. The van der Waals surface area contributed by atoms with Crippen LogP contribution in [0.1, 0.15) is 12.0 Å². The fraction of sp³-hybridized carbons (Fsp3) is 0.500. The number of nitrogens with one attached hydrogen (secondary N) is 1. The van der Waals surface area contributed by atoms with E-state index in [1.807, 2.05) is 7.05 Å². The van der Waals surface area contributed by atoms with Crippen LogP contribution in [0.3, 0.4) is 0 Å². The second kappa shape index (κ2) is 4.91. The van der Waals surface area contributed by atoms with Gasteiger partial charge < -0.3 is 14.8 Å². The largest absolute Gasteiger partial charge is 0.343 e. The van der Waals surface area contributed by atoms with E-state index < -0.39 is 5.79 Å². The van der Waals surface area contributed by atoms with Crippen molar-refractivity contribution < 1.29 is 13.9 Å². The molecule has 2 rings (SSSR count). The maximum absolute atomic E-state index is 12.9. The second-order valence-electron chi connectivity index (χ2n) is 3.81. The van der Waals surface area contributed by atoms with E-state index in [0.29, 0.717) is 13.2 Å². The lowest BCUT2D eigenvalue weighted by Crippen LogP contribution is -2.31. The molecule has 1 N–H and O–H groups in total. The average Bonchev–Trinajstić information content (AvgIpc) is 2.77. The molecule has 16 heavy (non-hydrogen) atoms. The fourth-order valence-electron chi connectivity index (χ4n) is 1.90. The predicted octanol–water partition coefficient (Wildman–Crippen LogP) is 1.63. The van der Waals surface area contributed by atoms with Gasteiger partial charge in [-0.3, -0.25) is 0 Å². The van der Waals surface area contributed by atoms with Crippen molar-refractivity contribution in [1.82, 2.24) is 5.32 Å². The molecule has 4 heteroatoms. The minimum absolute atomic E-state index is 0.245. The Morgan fingerprint density at radius 1 is 1.25 bits per heavy atom. The van der Waals surface area contributed by atoms with E-state index >= 15 is 0 Å². The molecule has 0 amide bonds. The third kappa shape index (κ3) is 2.24. The predicted molar refractivity (Wildman–Crippen MR) is 58.5 cm³/mol. The normalized spacial score (nSPS) is 18.9. The molecule has 1 heterocycles. The molecule has 3 nitrogen and oxygen atoms in total. The summed E-state index contributed by atoms with van der Waals surface area (Å²) in [5.74, 6) is -0.943. The summed E-state index contributed by atoms with van der Waals surface area (Å²) in [6.45, 7) is 1.96. The van der Waals surface area contributed by atoms with Gasteiger partial charge in [0.05, 0.1) is 13.2 Å². The summed E-state index contributed by atoms with van der Waals surface area (Å²) in [6.07, 6.45) is 0.717. The average molecular weight is 225 g/mol. The van der Waals surface area contributed by atoms with Gasteiger partial charge in [-0.25, -0.2) is 4.39 Å². The summed E-state index contributed by atoms with van der Waals surface area (Å²) in [4.78, 5) is 0. The first-order valence-corrected chi connectivity index (χ1v) is 5.45. The molecular formula is C12H16FNO2. The Kier molecular flexibility index (Phi) is 3.53. The van der Waals surface area contributed by atoms with E-state index in [2.05, 4.69) is 5.32 Å². The van der Waals surface area contributed by atoms with Gasteiger partial charge in [0.1, 0.15) is 5.82 Å². The number of rotatable bonds is 4. The lowest BCUT2D eigenvalue weighted by Gasteiger charge is -2.27. The van der Waals surface area contributed by atoms with E-state index in [0.717, 1.165) is 18.5 Å². The Bertz CT molecular complexity index is 333. The van der Waals surface area contributed by atoms with E-state index in [1.54, 1.807) is 12.1 Å². The van der Waals surface area contributed by atoms with Crippen molar-refractivity contribution in [2.45, 2.75) is 12.2 Å². The van der Waals surface area contributed by atoms with Gasteiger partial charge in [-0.1, -0.05) is 12.1 Å². The molecule has 1 aromatic rings. The highest BCUT2D eigenvalue weighted by Crippen LogP contribution is 2.34. The molecule has 0 aromatic heterocycles. The highest BCUT2D eigenvalue weighted by Gasteiger charge is 2.37. The Balaban J connectivity index is 2.21. The van der Waals surface area contributed by atoms with Crippen LogP contribution in [0.4, 0.5) is 4.39 Å². The standard InChI is InChI=1S/C12H16FNO2/c1-14-7-6-12(15-8-9-16-12)10-2-4-11(13)5-3-10/h2-5,14H,6-9H2,1H3. The first-order chi connectivity index (χ1) is 7.77. The van der Waals surface area contributed by atoms with Gasteiger partial charge >= 0.3 is 0 Å². The summed E-state index contributed by atoms with van der Waals surface area (Å²) in [5, 5.41) is 3.07. The number of benzene rings is 1. The van der Waals surface area contributed by atoms with Crippen molar-refractivity contribution in [1.29, 1.82) is 0 Å². The maximum Gasteiger partial charge on any atom is 0.196 e. The molecule has 1 aliphatic heterocycles. The van der Waals surface area contributed by atoms with Crippen molar-refractivity contribution in [3.8, 4) is 0 Å². The molecule has 88 valence electrons. The molecule has 0 bridgehead atoms. The van der Waals surface area contributed by atoms with E-state index in [1.165, 1.54) is 12.1 Å². The minimum atomic E-state index is -0.698. The summed E-state index contributed by atoms with van der Waals surface area (Å²) < 4.78 is 24.2. The molecule has 0 unspecified atom stereocenters. The van der Waals surface area contributed by atoms with Crippen LogP contribution in [0, 0.1) is 5.82 Å². The minimum Gasteiger partial charge on any atom is -0.343 e. The van der Waals surface area contributed by atoms with Crippen LogP contribution in [0.2, 0.25) is 0 Å². The number of halogens is 1. The summed E-state index contributed by atoms with van der Waals surface area (Å²) in [5.41, 5.74) is 0.877. The molecule has 1 fully saturated rings. The second-order valence-corrected chi connectivity index (χ2v) is 3.81. The van der Waals surface area contributed by atoms with Crippen molar-refractivity contribution in [3.05, 3.63) is 35.6 Å². The van der Waals surface area contributed by atoms with Gasteiger partial charge in [-0.15, -0.1) is 0 Å². The quantitative estimate of drug-likeness (QED) is 0.845. The highest BCUT2D eigenvalue weighted by atomic mass is 19.1. The topological polar surface area (TPSA) is 30.5 Å². The lowest BCUT2D eigenvalue weighted by atomic mass is 10.0. The molecular weight excluding hydrogens is 209 g/mol. The van der Waals surface area contributed by atoms with Crippen LogP contribution in [0.5, 0.6) is 0 Å². The number of hydrogen-bond acceptors (Lipinski definition) is 3. The zero-order valence-corrected chi connectivity index (χ0v) is 9.33. The summed E-state index contributed by atoms with van der Waals surface area (Å²) >= 11 is 0. The molecule has 1 aliphatic rings. The third-order valence-electron chi connectivity index (χ3n) is 2.74. The SMILES string of the molecule is CNCCC1(c2ccc(F)cc2)OCCO1. The highest BCUT2D eigenvalue weighted by molar-refractivity contribution is 5.22. The fourth-order valence-corrected chi connectivity index (χ4v) is 1.90. The molecule has 0 spiro atoms. The van der Waals surface area contributed by atoms with Gasteiger partial charge in [0.25, 0.3) is 0 Å². The smallest absolute Gasteiger partial charge is 0.196 e. The third-order valence-corrected chi connectivity index (χ3v) is 2.74. The van der Waals surface area contributed by atoms with Crippen LogP contribution >= 0.6 is 0 Å². The molecule has 0 aliphatic carbocycles. The van der Waals surface area contributed by atoms with E-state index in [9.17, 15) is 4.39 Å². The van der Waals surface area contributed by atoms with Crippen LogP contribution in [0.15, 0.2) is 24.3 Å². The van der Waals surface area contributed by atoms with Crippen LogP contribution in [-0.2, 0) is 15.3 Å². The lowest BCUT2D eigenvalue weighted by molar-refractivity contribution is -0.169. The van der Waals surface area contributed by atoms with Gasteiger partial charge in [-0.05, 0) is 19.2 Å². The van der Waals surface area contributed by atoms with Crippen molar-refractivity contribution in [2.24, 2.45) is 0 Å². The van der Waals surface area contributed by atoms with Crippen LogP contribution in [0.25, 0.3) is 0 Å².